The third-order valence-corrected chi connectivity index (χ3v) is 2.79. The number of rotatable bonds is 1. The highest BCUT2D eigenvalue weighted by Crippen LogP contribution is 2.25. The molecule has 78 valence electrons. The van der Waals surface area contributed by atoms with Crippen LogP contribution in [-0.2, 0) is 0 Å². The Balaban J connectivity index is 2.19. The van der Waals surface area contributed by atoms with Gasteiger partial charge in [-0.15, -0.1) is 0 Å². The monoisotopic (exact) mass is 228 g/mol. The fraction of sp³-hybridized carbons (Fsp3) is 0. The largest absolute Gasteiger partial charge is 0.354 e. The Labute approximate surface area is 97.9 Å². The van der Waals surface area contributed by atoms with Crippen molar-refractivity contribution in [3.8, 4) is 11.3 Å². The van der Waals surface area contributed by atoms with Gasteiger partial charge in [0.2, 0.25) is 0 Å². The van der Waals surface area contributed by atoms with Crippen LogP contribution in [0.5, 0.6) is 0 Å². The molecular weight excluding hydrogens is 220 g/mol. The Morgan fingerprint density at radius 2 is 2.06 bits per heavy atom. The molecule has 2 aromatic heterocycles. The Bertz CT molecular complexity index is 629. The highest BCUT2D eigenvalue weighted by molar-refractivity contribution is 6.31. The molecule has 1 aromatic carbocycles. The van der Waals surface area contributed by atoms with Gasteiger partial charge in [-0.05, 0) is 36.4 Å². The van der Waals surface area contributed by atoms with E-state index in [1.54, 1.807) is 6.20 Å². The van der Waals surface area contributed by atoms with Crippen molar-refractivity contribution < 1.29 is 0 Å². The lowest BCUT2D eigenvalue weighted by Crippen LogP contribution is -1.77. The van der Waals surface area contributed by atoms with Crippen molar-refractivity contribution in [3.63, 3.8) is 0 Å². The van der Waals surface area contributed by atoms with Gasteiger partial charge >= 0.3 is 0 Å². The van der Waals surface area contributed by atoms with E-state index in [1.807, 2.05) is 36.5 Å². The highest BCUT2D eigenvalue weighted by Gasteiger charge is 2.03. The molecule has 0 spiro atoms. The van der Waals surface area contributed by atoms with Crippen molar-refractivity contribution in [3.05, 3.63) is 53.8 Å². The van der Waals surface area contributed by atoms with Crippen molar-refractivity contribution in [1.29, 1.82) is 0 Å². The van der Waals surface area contributed by atoms with Gasteiger partial charge < -0.3 is 4.98 Å². The molecule has 3 heteroatoms. The first-order chi connectivity index (χ1) is 7.83. The molecule has 2 nitrogen and oxygen atoms in total. The Morgan fingerprint density at radius 3 is 2.88 bits per heavy atom. The maximum atomic E-state index is 5.95. The molecule has 3 rings (SSSR count). The van der Waals surface area contributed by atoms with Crippen LogP contribution in [-0.4, -0.2) is 9.97 Å². The second-order valence-electron chi connectivity index (χ2n) is 3.66. The third-order valence-electron chi connectivity index (χ3n) is 2.56. The number of pyridine rings is 1. The Morgan fingerprint density at radius 1 is 1.12 bits per heavy atom. The zero-order chi connectivity index (χ0) is 11.0. The number of nitrogens with zero attached hydrogens (tertiary/aromatic N) is 1. The summed E-state index contributed by atoms with van der Waals surface area (Å²) in [6.07, 6.45) is 3.61. The molecule has 0 aliphatic heterocycles. The summed E-state index contributed by atoms with van der Waals surface area (Å²) in [7, 11) is 0. The molecule has 0 saturated heterocycles. The number of aromatic nitrogens is 2. The van der Waals surface area contributed by atoms with Crippen LogP contribution in [0.3, 0.4) is 0 Å². The first kappa shape index (κ1) is 9.43. The Kier molecular flexibility index (Phi) is 2.15. The molecule has 0 amide bonds. The summed E-state index contributed by atoms with van der Waals surface area (Å²) in [5.41, 5.74) is 3.23. The molecule has 0 unspecified atom stereocenters. The number of fused-ring (bicyclic) bond motifs is 1. The van der Waals surface area contributed by atoms with Crippen molar-refractivity contribution in [2.75, 3.05) is 0 Å². The fourth-order valence-electron chi connectivity index (χ4n) is 1.78. The molecule has 1 N–H and O–H groups in total. The van der Waals surface area contributed by atoms with Crippen LogP contribution in [0.25, 0.3) is 22.2 Å². The van der Waals surface area contributed by atoms with Crippen molar-refractivity contribution in [1.82, 2.24) is 9.97 Å². The fourth-order valence-corrected chi connectivity index (χ4v) is 1.96. The number of halogens is 1. The number of aromatic amines is 1. The highest BCUT2D eigenvalue weighted by atomic mass is 35.5. The van der Waals surface area contributed by atoms with Crippen molar-refractivity contribution in [2.24, 2.45) is 0 Å². The van der Waals surface area contributed by atoms with Crippen LogP contribution in [0.1, 0.15) is 0 Å². The number of benzene rings is 1. The summed E-state index contributed by atoms with van der Waals surface area (Å²) < 4.78 is 0. The average Bonchev–Trinajstić information content (AvgIpc) is 2.73. The average molecular weight is 229 g/mol. The topological polar surface area (TPSA) is 28.7 Å². The van der Waals surface area contributed by atoms with E-state index in [0.717, 1.165) is 27.2 Å². The number of hydrogen-bond acceptors (Lipinski definition) is 1. The number of H-pyrrole nitrogens is 1. The lowest BCUT2D eigenvalue weighted by Gasteiger charge is -1.94. The quantitative estimate of drug-likeness (QED) is 0.673. The maximum Gasteiger partial charge on any atom is 0.0480 e. The van der Waals surface area contributed by atoms with Gasteiger partial charge in [0.25, 0.3) is 0 Å². The maximum absolute atomic E-state index is 5.95. The van der Waals surface area contributed by atoms with Crippen LogP contribution >= 0.6 is 11.6 Å². The van der Waals surface area contributed by atoms with E-state index in [-0.39, 0.29) is 0 Å². The minimum Gasteiger partial charge on any atom is -0.354 e. The molecule has 0 atom stereocenters. The molecule has 2 heterocycles. The molecule has 3 aromatic rings. The lowest BCUT2D eigenvalue weighted by atomic mass is 10.2. The minimum atomic E-state index is 0.754. The summed E-state index contributed by atoms with van der Waals surface area (Å²) in [6.45, 7) is 0. The summed E-state index contributed by atoms with van der Waals surface area (Å²) >= 11 is 5.95. The molecule has 0 fully saturated rings. The van der Waals surface area contributed by atoms with Crippen LogP contribution in [0.15, 0.2) is 48.8 Å². The number of nitrogens with one attached hydrogen (secondary N) is 1. The minimum absolute atomic E-state index is 0.754. The van der Waals surface area contributed by atoms with E-state index in [1.165, 1.54) is 0 Å². The second kappa shape index (κ2) is 3.65. The van der Waals surface area contributed by atoms with Gasteiger partial charge in [-0.1, -0.05) is 11.6 Å². The van der Waals surface area contributed by atoms with Crippen molar-refractivity contribution in [2.45, 2.75) is 0 Å². The van der Waals surface area contributed by atoms with Crippen LogP contribution in [0.4, 0.5) is 0 Å². The van der Waals surface area contributed by atoms with Crippen LogP contribution < -0.4 is 0 Å². The van der Waals surface area contributed by atoms with Gasteiger partial charge in [-0.2, -0.15) is 0 Å². The van der Waals surface area contributed by atoms with E-state index in [9.17, 15) is 0 Å². The third kappa shape index (κ3) is 1.57. The zero-order valence-electron chi connectivity index (χ0n) is 8.44. The smallest absolute Gasteiger partial charge is 0.0480 e. The van der Waals surface area contributed by atoms with Gasteiger partial charge in [0.05, 0.1) is 0 Å². The first-order valence-electron chi connectivity index (χ1n) is 5.01. The normalized spacial score (nSPS) is 10.8. The molecule has 16 heavy (non-hydrogen) atoms. The van der Waals surface area contributed by atoms with E-state index < -0.39 is 0 Å². The van der Waals surface area contributed by atoms with Gasteiger partial charge in [0.1, 0.15) is 0 Å². The van der Waals surface area contributed by atoms with Gasteiger partial charge in [0.15, 0.2) is 0 Å². The van der Waals surface area contributed by atoms with Crippen LogP contribution in [0, 0.1) is 0 Å². The predicted octanol–water partition coefficient (Wildman–Crippen LogP) is 3.88. The lowest BCUT2D eigenvalue weighted by molar-refractivity contribution is 1.31. The molecular formula is C13H9ClN2. The standard InChI is InChI=1S/C13H9ClN2/c14-11-3-4-12-10(6-11)7-13(16-12)9-2-1-5-15-8-9/h1-8,16H. The van der Waals surface area contributed by atoms with E-state index in [4.69, 9.17) is 11.6 Å². The molecule has 0 saturated carbocycles. The number of hydrogen-bond donors (Lipinski definition) is 1. The second-order valence-corrected chi connectivity index (χ2v) is 4.09. The first-order valence-corrected chi connectivity index (χ1v) is 5.39. The SMILES string of the molecule is Clc1ccc2[nH]c(-c3cccnc3)cc2c1. The van der Waals surface area contributed by atoms with Gasteiger partial charge in [-0.25, -0.2) is 0 Å². The predicted molar refractivity (Wildman–Crippen MR) is 66.5 cm³/mol. The summed E-state index contributed by atoms with van der Waals surface area (Å²) in [5, 5.41) is 1.87. The van der Waals surface area contributed by atoms with Gasteiger partial charge in [-0.3, -0.25) is 4.98 Å². The summed E-state index contributed by atoms with van der Waals surface area (Å²) in [4.78, 5) is 7.44. The molecule has 0 aliphatic carbocycles. The molecule has 0 aliphatic rings. The zero-order valence-corrected chi connectivity index (χ0v) is 9.20. The van der Waals surface area contributed by atoms with E-state index in [2.05, 4.69) is 16.0 Å². The molecule has 0 bridgehead atoms. The molecule has 0 radical (unpaired) electrons. The van der Waals surface area contributed by atoms with E-state index in [0.29, 0.717) is 0 Å². The summed E-state index contributed by atoms with van der Waals surface area (Å²) in [6, 6.07) is 11.9. The van der Waals surface area contributed by atoms with E-state index >= 15 is 0 Å². The van der Waals surface area contributed by atoms with Crippen LogP contribution in [0.2, 0.25) is 5.02 Å². The summed E-state index contributed by atoms with van der Waals surface area (Å²) in [5.74, 6) is 0. The Hall–Kier alpha value is -1.80. The van der Waals surface area contributed by atoms with Crippen molar-refractivity contribution >= 4 is 22.5 Å². The van der Waals surface area contributed by atoms with Gasteiger partial charge in [0, 0.05) is 39.6 Å².